The summed E-state index contributed by atoms with van der Waals surface area (Å²) >= 11 is 0. The van der Waals surface area contributed by atoms with Crippen LogP contribution in [0.3, 0.4) is 0 Å². The van der Waals surface area contributed by atoms with Crippen molar-refractivity contribution in [2.75, 3.05) is 20.8 Å². The Morgan fingerprint density at radius 1 is 1.12 bits per heavy atom. The van der Waals surface area contributed by atoms with E-state index in [0.29, 0.717) is 35.4 Å². The van der Waals surface area contributed by atoms with Crippen molar-refractivity contribution < 1.29 is 27.8 Å². The van der Waals surface area contributed by atoms with Gasteiger partial charge in [0.2, 0.25) is 17.4 Å². The Morgan fingerprint density at radius 2 is 1.85 bits per heavy atom. The van der Waals surface area contributed by atoms with E-state index < -0.39 is 17.6 Å². The molecule has 0 aliphatic heterocycles. The summed E-state index contributed by atoms with van der Waals surface area (Å²) in [6.07, 6.45) is 8.11. The molecule has 0 saturated heterocycles. The van der Waals surface area contributed by atoms with Gasteiger partial charge in [-0.15, -0.1) is 0 Å². The molecule has 2 aliphatic rings. The molecule has 2 fully saturated rings. The van der Waals surface area contributed by atoms with Gasteiger partial charge >= 0.3 is 5.97 Å². The predicted octanol–water partition coefficient (Wildman–Crippen LogP) is 5.37. The number of hydrogen-bond acceptors (Lipinski definition) is 6. The number of halogens is 2. The first-order chi connectivity index (χ1) is 16.3. The van der Waals surface area contributed by atoms with Gasteiger partial charge in [0.15, 0.2) is 0 Å². The minimum absolute atomic E-state index is 0.104. The van der Waals surface area contributed by atoms with Crippen molar-refractivity contribution in [1.82, 2.24) is 9.97 Å². The molecule has 34 heavy (non-hydrogen) atoms. The van der Waals surface area contributed by atoms with Crippen LogP contribution < -0.4 is 9.47 Å². The zero-order valence-corrected chi connectivity index (χ0v) is 19.9. The fraction of sp³-hybridized carbons (Fsp3) is 0.577. The first kappa shape index (κ1) is 24.4. The number of methoxy groups -OCH3 is 2. The second kappa shape index (κ2) is 10.2. The lowest BCUT2D eigenvalue weighted by molar-refractivity contribution is -0.155. The fourth-order valence-electron chi connectivity index (χ4n) is 5.18. The van der Waals surface area contributed by atoms with E-state index in [1.807, 2.05) is 0 Å². The van der Waals surface area contributed by atoms with E-state index in [1.165, 1.54) is 27.3 Å². The van der Waals surface area contributed by atoms with Crippen LogP contribution in [0.2, 0.25) is 0 Å². The number of hydrogen-bond donors (Lipinski definition) is 0. The Hall–Kier alpha value is -2.77. The van der Waals surface area contributed by atoms with Crippen LogP contribution in [0, 0.1) is 17.7 Å². The molecule has 0 aromatic carbocycles. The summed E-state index contributed by atoms with van der Waals surface area (Å²) in [5.74, 6) is -0.324. The number of ether oxygens (including phenoxy) is 3. The molecule has 2 aliphatic carbocycles. The molecule has 2 saturated carbocycles. The van der Waals surface area contributed by atoms with Crippen LogP contribution in [0.5, 0.6) is 11.8 Å². The van der Waals surface area contributed by atoms with Crippen molar-refractivity contribution in [2.45, 2.75) is 63.0 Å². The average molecular weight is 475 g/mol. The van der Waals surface area contributed by atoms with E-state index in [4.69, 9.17) is 14.2 Å². The lowest BCUT2D eigenvalue weighted by Gasteiger charge is -2.29. The van der Waals surface area contributed by atoms with Gasteiger partial charge in [-0.2, -0.15) is 0 Å². The van der Waals surface area contributed by atoms with Crippen molar-refractivity contribution in [3.63, 3.8) is 0 Å². The van der Waals surface area contributed by atoms with Gasteiger partial charge in [-0.3, -0.25) is 0 Å². The van der Waals surface area contributed by atoms with Gasteiger partial charge in [-0.05, 0) is 80.4 Å². The van der Waals surface area contributed by atoms with Gasteiger partial charge in [-0.1, -0.05) is 0 Å². The second-order valence-corrected chi connectivity index (χ2v) is 9.59. The molecule has 2 heterocycles. The summed E-state index contributed by atoms with van der Waals surface area (Å²) in [5, 5.41) is 0. The van der Waals surface area contributed by atoms with Crippen molar-refractivity contribution >= 4 is 5.97 Å². The van der Waals surface area contributed by atoms with E-state index in [0.717, 1.165) is 38.5 Å². The molecule has 6 nitrogen and oxygen atoms in total. The molecule has 184 valence electrons. The molecule has 2 aromatic heterocycles. The molecule has 0 N–H and O–H groups in total. The minimum Gasteiger partial charge on any atom is -0.481 e. The van der Waals surface area contributed by atoms with Gasteiger partial charge in [-0.25, -0.2) is 23.5 Å². The van der Waals surface area contributed by atoms with Gasteiger partial charge in [0.05, 0.1) is 27.0 Å². The number of carbonyl (C=O) groups is 1. The zero-order chi connectivity index (χ0) is 24.3. The van der Waals surface area contributed by atoms with E-state index in [-0.39, 0.29) is 17.7 Å². The van der Waals surface area contributed by atoms with Crippen LogP contribution in [0.15, 0.2) is 30.6 Å². The van der Waals surface area contributed by atoms with E-state index in [1.54, 1.807) is 24.4 Å². The first-order valence-corrected chi connectivity index (χ1v) is 11.9. The maximum absolute atomic E-state index is 15.4. The molecule has 0 radical (unpaired) electrons. The Morgan fingerprint density at radius 3 is 2.50 bits per heavy atom. The lowest BCUT2D eigenvalue weighted by atomic mass is 9.79. The topological polar surface area (TPSA) is 70.5 Å². The summed E-state index contributed by atoms with van der Waals surface area (Å²) in [6, 6.07) is 5.18. The number of esters is 1. The zero-order valence-electron chi connectivity index (χ0n) is 19.9. The minimum atomic E-state index is -2.11. The predicted molar refractivity (Wildman–Crippen MR) is 122 cm³/mol. The third kappa shape index (κ3) is 5.31. The monoisotopic (exact) mass is 474 g/mol. The van der Waals surface area contributed by atoms with Gasteiger partial charge in [0.1, 0.15) is 5.82 Å². The van der Waals surface area contributed by atoms with Crippen molar-refractivity contribution in [3.05, 3.63) is 47.5 Å². The second-order valence-electron chi connectivity index (χ2n) is 9.59. The highest BCUT2D eigenvalue weighted by atomic mass is 19.1. The van der Waals surface area contributed by atoms with Gasteiger partial charge in [0.25, 0.3) is 0 Å². The largest absolute Gasteiger partial charge is 0.481 e. The lowest BCUT2D eigenvalue weighted by Crippen LogP contribution is -2.39. The molecule has 2 aromatic rings. The number of rotatable bonds is 9. The van der Waals surface area contributed by atoms with Crippen LogP contribution >= 0.6 is 0 Å². The summed E-state index contributed by atoms with van der Waals surface area (Å²) in [7, 11) is 2.73. The number of carbonyl (C=O) groups excluding carboxylic acids is 1. The molecular weight excluding hydrogens is 442 g/mol. The number of alkyl halides is 1. The Kier molecular flexibility index (Phi) is 7.33. The van der Waals surface area contributed by atoms with Gasteiger partial charge < -0.3 is 14.2 Å². The fourth-order valence-corrected chi connectivity index (χ4v) is 5.18. The highest BCUT2D eigenvalue weighted by Crippen LogP contribution is 2.50. The van der Waals surface area contributed by atoms with Crippen LogP contribution in [-0.4, -0.2) is 42.4 Å². The van der Waals surface area contributed by atoms with Crippen molar-refractivity contribution in [3.8, 4) is 11.8 Å². The Balaban J connectivity index is 1.36. The quantitative estimate of drug-likeness (QED) is 0.455. The Labute approximate surface area is 199 Å². The Bertz CT molecular complexity index is 1000. The van der Waals surface area contributed by atoms with Gasteiger partial charge in [0, 0.05) is 24.2 Å². The summed E-state index contributed by atoms with van der Waals surface area (Å²) < 4.78 is 45.5. The molecular formula is C26H32F2N2O4. The summed E-state index contributed by atoms with van der Waals surface area (Å²) in [6.45, 7) is 1.78. The molecule has 2 atom stereocenters. The molecule has 0 amide bonds. The third-order valence-corrected chi connectivity index (χ3v) is 7.20. The molecule has 8 heteroatoms. The average Bonchev–Trinajstić information content (AvgIpc) is 3.68. The van der Waals surface area contributed by atoms with Crippen LogP contribution in [-0.2, 0) is 9.53 Å². The number of pyridine rings is 2. The van der Waals surface area contributed by atoms with Crippen molar-refractivity contribution in [1.29, 1.82) is 0 Å². The molecule has 4 rings (SSSR count). The summed E-state index contributed by atoms with van der Waals surface area (Å²) in [5.41, 5.74) is -0.752. The summed E-state index contributed by atoms with van der Waals surface area (Å²) in [4.78, 5) is 20.3. The van der Waals surface area contributed by atoms with E-state index in [9.17, 15) is 9.18 Å². The smallest absolute Gasteiger partial charge is 0.343 e. The molecule has 0 bridgehead atoms. The van der Waals surface area contributed by atoms with E-state index >= 15 is 4.39 Å². The number of aromatic nitrogens is 2. The van der Waals surface area contributed by atoms with Crippen LogP contribution in [0.25, 0.3) is 0 Å². The molecule has 1 unspecified atom stereocenters. The highest BCUT2D eigenvalue weighted by Gasteiger charge is 2.51. The standard InChI is InChI=1S/C26H32F2N2O4/c1-26(28,25(31)33-3)24(18-8-9-18)19-10-11-29-23(12-19)34-15-16-4-6-17(7-5-16)20-13-22(32-2)30-14-21(20)27/h10-14,16-18,24H,4-9,15H2,1-3H3/t16?,17?,24-,26?/m0/s1. The van der Waals surface area contributed by atoms with Crippen molar-refractivity contribution in [2.24, 2.45) is 11.8 Å². The van der Waals surface area contributed by atoms with Crippen LogP contribution in [0.1, 0.15) is 68.4 Å². The maximum atomic E-state index is 15.4. The number of nitrogens with zero attached hydrogens (tertiary/aromatic N) is 2. The third-order valence-electron chi connectivity index (χ3n) is 7.20. The molecule has 0 spiro atoms. The van der Waals surface area contributed by atoms with E-state index in [2.05, 4.69) is 9.97 Å². The normalized spacial score (nSPS) is 23.0. The SMILES string of the molecule is COC(=O)C(C)(F)[C@H](c1ccnc(OCC2CCC(c3cc(OC)ncc3F)CC2)c1)C1CC1. The highest BCUT2D eigenvalue weighted by molar-refractivity contribution is 5.80. The first-order valence-electron chi connectivity index (χ1n) is 11.9. The maximum Gasteiger partial charge on any atom is 0.343 e. The van der Waals surface area contributed by atoms with Crippen LogP contribution in [0.4, 0.5) is 8.78 Å².